The zero-order valence-electron chi connectivity index (χ0n) is 15.9. The highest BCUT2D eigenvalue weighted by Gasteiger charge is 2.76. The SMILES string of the molecule is CC1(C)C[C@@H]2[C@H](C1)[C@]1(C)C(C(=O)[C@H]1O)[C@@](CO)(Sc1ccc(O)cc1)[C@H]2O. The van der Waals surface area contributed by atoms with E-state index in [9.17, 15) is 25.2 Å². The lowest BCUT2D eigenvalue weighted by atomic mass is 9.42. The van der Waals surface area contributed by atoms with Gasteiger partial charge in [-0.2, -0.15) is 0 Å². The van der Waals surface area contributed by atoms with E-state index in [-0.39, 0.29) is 35.4 Å². The van der Waals surface area contributed by atoms with Crippen LogP contribution in [0.3, 0.4) is 0 Å². The van der Waals surface area contributed by atoms with E-state index in [0.717, 1.165) is 17.7 Å². The summed E-state index contributed by atoms with van der Waals surface area (Å²) in [5.74, 6) is -0.755. The maximum absolute atomic E-state index is 12.8. The maximum Gasteiger partial charge on any atom is 0.167 e. The van der Waals surface area contributed by atoms with Crippen LogP contribution in [0.2, 0.25) is 0 Å². The Morgan fingerprint density at radius 2 is 1.74 bits per heavy atom. The van der Waals surface area contributed by atoms with E-state index in [1.54, 1.807) is 24.3 Å². The minimum absolute atomic E-state index is 0.0248. The Bertz CT molecular complexity index is 762. The van der Waals surface area contributed by atoms with Crippen LogP contribution in [0.15, 0.2) is 29.2 Å². The van der Waals surface area contributed by atoms with Crippen LogP contribution in [0, 0.1) is 28.6 Å². The van der Waals surface area contributed by atoms with E-state index in [4.69, 9.17) is 0 Å². The number of benzene rings is 1. The number of phenolic OH excluding ortho intramolecular Hbond substituents is 1. The van der Waals surface area contributed by atoms with Gasteiger partial charge in [-0.1, -0.05) is 20.8 Å². The molecule has 1 aromatic carbocycles. The van der Waals surface area contributed by atoms with E-state index < -0.39 is 28.3 Å². The summed E-state index contributed by atoms with van der Waals surface area (Å²) in [6, 6.07) is 6.57. The molecule has 0 heterocycles. The molecule has 3 fully saturated rings. The van der Waals surface area contributed by atoms with Gasteiger partial charge in [-0.3, -0.25) is 4.79 Å². The summed E-state index contributed by atoms with van der Waals surface area (Å²) < 4.78 is -1.09. The molecular weight excluding hydrogens is 364 g/mol. The molecular formula is C21H28O5S. The van der Waals surface area contributed by atoms with Crippen molar-refractivity contribution in [1.29, 1.82) is 0 Å². The van der Waals surface area contributed by atoms with Gasteiger partial charge < -0.3 is 20.4 Å². The third kappa shape index (κ3) is 2.46. The van der Waals surface area contributed by atoms with Gasteiger partial charge in [0, 0.05) is 16.2 Å². The lowest BCUT2D eigenvalue weighted by Crippen LogP contribution is -2.77. The molecule has 3 saturated carbocycles. The number of thioether (sulfide) groups is 1. The fourth-order valence-electron chi connectivity index (χ4n) is 6.24. The molecule has 148 valence electrons. The number of aromatic hydroxyl groups is 1. The lowest BCUT2D eigenvalue weighted by Gasteiger charge is -2.66. The number of hydrogen-bond donors (Lipinski definition) is 4. The van der Waals surface area contributed by atoms with E-state index in [1.807, 2.05) is 6.92 Å². The smallest absolute Gasteiger partial charge is 0.167 e. The summed E-state index contributed by atoms with van der Waals surface area (Å²) in [6.45, 7) is 5.94. The van der Waals surface area contributed by atoms with Crippen molar-refractivity contribution in [2.24, 2.45) is 28.6 Å². The number of aliphatic hydroxyl groups is 3. The van der Waals surface area contributed by atoms with Crippen LogP contribution in [0.1, 0.15) is 33.6 Å². The zero-order chi connectivity index (χ0) is 19.8. The normalized spacial score (nSPS) is 45.1. The molecule has 7 atom stereocenters. The first kappa shape index (κ1) is 19.2. The minimum atomic E-state index is -1.09. The monoisotopic (exact) mass is 392 g/mol. The second-order valence-corrected chi connectivity index (χ2v) is 11.0. The molecule has 0 aliphatic heterocycles. The summed E-state index contributed by atoms with van der Waals surface area (Å²) in [7, 11) is 0. The van der Waals surface area contributed by atoms with Crippen LogP contribution in [-0.4, -0.2) is 49.8 Å². The zero-order valence-corrected chi connectivity index (χ0v) is 16.7. The first-order valence-electron chi connectivity index (χ1n) is 9.55. The van der Waals surface area contributed by atoms with Crippen LogP contribution in [-0.2, 0) is 4.79 Å². The van der Waals surface area contributed by atoms with E-state index in [2.05, 4.69) is 13.8 Å². The Balaban J connectivity index is 1.80. The summed E-state index contributed by atoms with van der Waals surface area (Å²) in [5.41, 5.74) is -0.613. The predicted molar refractivity (Wildman–Crippen MR) is 102 cm³/mol. The van der Waals surface area contributed by atoms with E-state index in [1.165, 1.54) is 11.8 Å². The average Bonchev–Trinajstić information content (AvgIpc) is 2.97. The number of phenols is 1. The number of Topliss-reactive ketones (excluding diaryl/α,β-unsaturated/α-hetero) is 1. The lowest BCUT2D eigenvalue weighted by molar-refractivity contribution is -0.214. The summed E-state index contributed by atoms with van der Waals surface area (Å²) in [4.78, 5) is 13.6. The molecule has 1 aromatic rings. The van der Waals surface area contributed by atoms with Gasteiger partial charge in [-0.25, -0.2) is 0 Å². The van der Waals surface area contributed by atoms with Gasteiger partial charge in [0.25, 0.3) is 0 Å². The quantitative estimate of drug-likeness (QED) is 0.630. The first-order valence-corrected chi connectivity index (χ1v) is 10.4. The van der Waals surface area contributed by atoms with Crippen LogP contribution in [0.5, 0.6) is 5.75 Å². The van der Waals surface area contributed by atoms with Crippen molar-refractivity contribution >= 4 is 17.5 Å². The number of carbonyl (C=O) groups excluding carboxylic acids is 1. The summed E-state index contributed by atoms with van der Waals surface area (Å²) in [5, 5.41) is 42.1. The molecule has 0 saturated heterocycles. The number of fused-ring (bicyclic) bond motifs is 3. The first-order chi connectivity index (χ1) is 12.6. The molecule has 0 spiro atoms. The number of ketones is 1. The molecule has 6 heteroatoms. The number of aliphatic hydroxyl groups excluding tert-OH is 3. The summed E-state index contributed by atoms with van der Waals surface area (Å²) in [6.07, 6.45) is -0.220. The Morgan fingerprint density at radius 3 is 2.33 bits per heavy atom. The van der Waals surface area contributed by atoms with Crippen LogP contribution >= 0.6 is 11.8 Å². The molecule has 0 radical (unpaired) electrons. The van der Waals surface area contributed by atoms with Gasteiger partial charge in [-0.05, 0) is 54.4 Å². The average molecular weight is 393 g/mol. The Hall–Kier alpha value is -1.08. The maximum atomic E-state index is 12.8. The molecule has 0 amide bonds. The molecule has 5 nitrogen and oxygen atoms in total. The molecule has 3 aliphatic carbocycles. The standard InChI is InChI=1S/C21H28O5S/c1-19(2)8-13-14(9-19)20(3)16(15(24)18(20)26)21(10-22,17(13)25)27-12-6-4-11(23)5-7-12/h4-7,13-14,16-18,22-23,25-26H,8-10H2,1-3H3/t13-,14+,16?,17+,18-,20-,21-/m1/s1. The van der Waals surface area contributed by atoms with Crippen molar-refractivity contribution in [2.45, 2.75) is 55.5 Å². The summed E-state index contributed by atoms with van der Waals surface area (Å²) >= 11 is 1.30. The number of hydrogen-bond acceptors (Lipinski definition) is 6. The molecule has 4 N–H and O–H groups in total. The minimum Gasteiger partial charge on any atom is -0.508 e. The van der Waals surface area contributed by atoms with Crippen molar-refractivity contribution in [3.63, 3.8) is 0 Å². The molecule has 4 rings (SSSR count). The molecule has 0 aromatic heterocycles. The predicted octanol–water partition coefficient (Wildman–Crippen LogP) is 2.21. The van der Waals surface area contributed by atoms with Gasteiger partial charge in [-0.15, -0.1) is 11.8 Å². The third-order valence-corrected chi connectivity index (χ3v) is 8.92. The van der Waals surface area contributed by atoms with Gasteiger partial charge >= 0.3 is 0 Å². The van der Waals surface area contributed by atoms with Crippen molar-refractivity contribution in [3.8, 4) is 5.75 Å². The Labute approximate surface area is 163 Å². The number of rotatable bonds is 3. The third-order valence-electron chi connectivity index (χ3n) is 7.43. The van der Waals surface area contributed by atoms with Crippen molar-refractivity contribution in [3.05, 3.63) is 24.3 Å². The Kier molecular flexibility index (Phi) is 4.25. The van der Waals surface area contributed by atoms with Gasteiger partial charge in [0.15, 0.2) is 5.78 Å². The second kappa shape index (κ2) is 5.96. The highest BCUT2D eigenvalue weighted by molar-refractivity contribution is 8.00. The van der Waals surface area contributed by atoms with Gasteiger partial charge in [0.2, 0.25) is 0 Å². The van der Waals surface area contributed by atoms with Crippen molar-refractivity contribution in [2.75, 3.05) is 6.61 Å². The van der Waals surface area contributed by atoms with Gasteiger partial charge in [0.1, 0.15) is 11.9 Å². The molecule has 1 unspecified atom stereocenters. The Morgan fingerprint density at radius 1 is 1.11 bits per heavy atom. The van der Waals surface area contributed by atoms with Crippen LogP contribution < -0.4 is 0 Å². The molecule has 3 aliphatic rings. The molecule has 0 bridgehead atoms. The fraction of sp³-hybridized carbons (Fsp3) is 0.667. The van der Waals surface area contributed by atoms with Crippen molar-refractivity contribution in [1.82, 2.24) is 0 Å². The highest BCUT2D eigenvalue weighted by atomic mass is 32.2. The second-order valence-electron chi connectivity index (χ2n) is 9.60. The van der Waals surface area contributed by atoms with Crippen molar-refractivity contribution < 1.29 is 25.2 Å². The van der Waals surface area contributed by atoms with Crippen LogP contribution in [0.4, 0.5) is 0 Å². The molecule has 27 heavy (non-hydrogen) atoms. The largest absolute Gasteiger partial charge is 0.508 e. The van der Waals surface area contributed by atoms with Gasteiger partial charge in [0.05, 0.1) is 17.5 Å². The van der Waals surface area contributed by atoms with E-state index in [0.29, 0.717) is 0 Å². The fourth-order valence-corrected chi connectivity index (χ4v) is 7.80. The number of carbonyl (C=O) groups is 1. The topological polar surface area (TPSA) is 98.0 Å². The van der Waals surface area contributed by atoms with Crippen LogP contribution in [0.25, 0.3) is 0 Å². The highest BCUT2D eigenvalue weighted by Crippen LogP contribution is 2.70. The van der Waals surface area contributed by atoms with E-state index >= 15 is 0 Å².